The lowest BCUT2D eigenvalue weighted by Gasteiger charge is -2.09. The maximum atomic E-state index is 9.43. The third-order valence-electron chi connectivity index (χ3n) is 2.98. The van der Waals surface area contributed by atoms with Gasteiger partial charge < -0.3 is 9.84 Å². The van der Waals surface area contributed by atoms with Crippen molar-refractivity contribution in [2.45, 2.75) is 53.7 Å². The zero-order valence-corrected chi connectivity index (χ0v) is 12.1. The van der Waals surface area contributed by atoms with Gasteiger partial charge in [-0.1, -0.05) is 27.7 Å². The fourth-order valence-corrected chi connectivity index (χ4v) is 2.11. The highest BCUT2D eigenvalue weighted by Crippen LogP contribution is 2.16. The predicted octanol–water partition coefficient (Wildman–Crippen LogP) is 2.17. The number of rotatable bonds is 8. The van der Waals surface area contributed by atoms with Crippen molar-refractivity contribution in [3.63, 3.8) is 0 Å². The van der Waals surface area contributed by atoms with E-state index < -0.39 is 0 Å². The van der Waals surface area contributed by atoms with Gasteiger partial charge in [-0.15, -0.1) is 0 Å². The van der Waals surface area contributed by atoms with E-state index in [0.717, 1.165) is 42.9 Å². The van der Waals surface area contributed by atoms with Crippen LogP contribution in [0.15, 0.2) is 0 Å². The minimum atomic E-state index is 0.0825. The Labute approximate surface area is 110 Å². The van der Waals surface area contributed by atoms with Crippen LogP contribution in [0.2, 0.25) is 0 Å². The van der Waals surface area contributed by atoms with Gasteiger partial charge >= 0.3 is 0 Å². The van der Waals surface area contributed by atoms with Crippen LogP contribution in [0.5, 0.6) is 0 Å². The fourth-order valence-electron chi connectivity index (χ4n) is 2.11. The molecule has 4 heteroatoms. The highest BCUT2D eigenvalue weighted by molar-refractivity contribution is 5.25. The van der Waals surface area contributed by atoms with Crippen LogP contribution in [-0.2, 0) is 30.7 Å². The van der Waals surface area contributed by atoms with Gasteiger partial charge in [-0.2, -0.15) is 5.10 Å². The molecule has 0 radical (unpaired) electrons. The number of hydrogen-bond acceptors (Lipinski definition) is 3. The summed E-state index contributed by atoms with van der Waals surface area (Å²) in [7, 11) is 0. The molecule has 0 saturated heterocycles. The first kappa shape index (κ1) is 15.2. The number of hydrogen-bond donors (Lipinski definition) is 1. The highest BCUT2D eigenvalue weighted by atomic mass is 16.5. The van der Waals surface area contributed by atoms with Crippen LogP contribution in [0, 0.1) is 5.92 Å². The Kier molecular flexibility index (Phi) is 6.36. The summed E-state index contributed by atoms with van der Waals surface area (Å²) in [6.07, 6.45) is 1.76. The molecule has 0 unspecified atom stereocenters. The van der Waals surface area contributed by atoms with Crippen LogP contribution in [0.4, 0.5) is 0 Å². The molecule has 1 heterocycles. The van der Waals surface area contributed by atoms with E-state index in [0.29, 0.717) is 12.5 Å². The van der Waals surface area contributed by atoms with Crippen molar-refractivity contribution in [2.75, 3.05) is 13.2 Å². The van der Waals surface area contributed by atoms with Gasteiger partial charge in [0, 0.05) is 17.9 Å². The molecule has 0 amide bonds. The standard InChI is InChI=1S/C14H26N2O2/c1-5-13-12(9-17)14(6-2)16(15-13)7-8-18-10-11(3)4/h11,17H,5-10H2,1-4H3. The van der Waals surface area contributed by atoms with Crippen LogP contribution < -0.4 is 0 Å². The minimum absolute atomic E-state index is 0.0825. The molecular weight excluding hydrogens is 228 g/mol. The molecule has 1 aromatic heterocycles. The number of aliphatic hydroxyl groups is 1. The number of ether oxygens (including phenoxy) is 1. The molecule has 0 aliphatic carbocycles. The molecule has 1 rings (SSSR count). The van der Waals surface area contributed by atoms with Gasteiger partial charge in [-0.3, -0.25) is 4.68 Å². The highest BCUT2D eigenvalue weighted by Gasteiger charge is 2.14. The van der Waals surface area contributed by atoms with Crippen LogP contribution in [0.3, 0.4) is 0 Å². The van der Waals surface area contributed by atoms with E-state index in [2.05, 4.69) is 32.8 Å². The summed E-state index contributed by atoms with van der Waals surface area (Å²) in [5.74, 6) is 0.562. The number of nitrogens with zero attached hydrogens (tertiary/aromatic N) is 2. The Morgan fingerprint density at radius 1 is 1.28 bits per heavy atom. The number of aromatic nitrogens is 2. The van der Waals surface area contributed by atoms with E-state index in [4.69, 9.17) is 4.74 Å². The summed E-state index contributed by atoms with van der Waals surface area (Å²) in [5.41, 5.74) is 3.16. The fraction of sp³-hybridized carbons (Fsp3) is 0.786. The Morgan fingerprint density at radius 3 is 2.50 bits per heavy atom. The van der Waals surface area contributed by atoms with Gasteiger partial charge in [-0.05, 0) is 18.8 Å². The Balaban J connectivity index is 2.67. The van der Waals surface area contributed by atoms with Crippen LogP contribution in [0.25, 0.3) is 0 Å². The molecule has 1 N–H and O–H groups in total. The van der Waals surface area contributed by atoms with E-state index in [1.54, 1.807) is 0 Å². The summed E-state index contributed by atoms with van der Waals surface area (Å²) in [5, 5.41) is 14.0. The van der Waals surface area contributed by atoms with Gasteiger partial charge in [0.15, 0.2) is 0 Å². The smallest absolute Gasteiger partial charge is 0.0718 e. The SMILES string of the molecule is CCc1nn(CCOCC(C)C)c(CC)c1CO. The maximum absolute atomic E-state index is 9.43. The van der Waals surface area contributed by atoms with Gasteiger partial charge in [0.25, 0.3) is 0 Å². The van der Waals surface area contributed by atoms with E-state index in [9.17, 15) is 5.11 Å². The van der Waals surface area contributed by atoms with Crippen molar-refractivity contribution < 1.29 is 9.84 Å². The molecule has 0 fully saturated rings. The predicted molar refractivity (Wildman–Crippen MR) is 72.6 cm³/mol. The molecule has 0 aliphatic heterocycles. The quantitative estimate of drug-likeness (QED) is 0.723. The summed E-state index contributed by atoms with van der Waals surface area (Å²) >= 11 is 0. The molecule has 0 aliphatic rings. The third-order valence-corrected chi connectivity index (χ3v) is 2.98. The summed E-state index contributed by atoms with van der Waals surface area (Å²) in [4.78, 5) is 0. The lowest BCUT2D eigenvalue weighted by molar-refractivity contribution is 0.100. The second-order valence-electron chi connectivity index (χ2n) is 4.93. The monoisotopic (exact) mass is 254 g/mol. The van der Waals surface area contributed by atoms with Crippen molar-refractivity contribution in [1.29, 1.82) is 0 Å². The second kappa shape index (κ2) is 7.54. The summed E-state index contributed by atoms with van der Waals surface area (Å²) < 4.78 is 7.58. The zero-order chi connectivity index (χ0) is 13.5. The molecule has 0 aromatic carbocycles. The number of aryl methyl sites for hydroxylation is 1. The average molecular weight is 254 g/mol. The molecule has 18 heavy (non-hydrogen) atoms. The first-order chi connectivity index (χ1) is 8.63. The Hall–Kier alpha value is -0.870. The molecule has 0 bridgehead atoms. The summed E-state index contributed by atoms with van der Waals surface area (Å²) in [6.45, 7) is 10.8. The summed E-state index contributed by atoms with van der Waals surface area (Å²) in [6, 6.07) is 0. The van der Waals surface area contributed by atoms with Gasteiger partial charge in [0.2, 0.25) is 0 Å². The maximum Gasteiger partial charge on any atom is 0.0718 e. The van der Waals surface area contributed by atoms with Crippen LogP contribution in [-0.4, -0.2) is 28.1 Å². The molecular formula is C14H26N2O2. The van der Waals surface area contributed by atoms with Crippen molar-refractivity contribution in [1.82, 2.24) is 9.78 Å². The van der Waals surface area contributed by atoms with E-state index >= 15 is 0 Å². The largest absolute Gasteiger partial charge is 0.392 e. The molecule has 0 spiro atoms. The average Bonchev–Trinajstić information content (AvgIpc) is 2.71. The third kappa shape index (κ3) is 3.82. The second-order valence-corrected chi connectivity index (χ2v) is 4.93. The Bertz CT molecular complexity index is 359. The van der Waals surface area contributed by atoms with Gasteiger partial charge in [-0.25, -0.2) is 0 Å². The lowest BCUT2D eigenvalue weighted by atomic mass is 10.1. The van der Waals surface area contributed by atoms with E-state index in [1.807, 2.05) is 4.68 Å². The topological polar surface area (TPSA) is 47.3 Å². The molecule has 104 valence electrons. The molecule has 4 nitrogen and oxygen atoms in total. The van der Waals surface area contributed by atoms with Gasteiger partial charge in [0.05, 0.1) is 25.5 Å². The van der Waals surface area contributed by atoms with E-state index in [1.165, 1.54) is 0 Å². The first-order valence-corrected chi connectivity index (χ1v) is 6.89. The van der Waals surface area contributed by atoms with Crippen molar-refractivity contribution in [3.8, 4) is 0 Å². The van der Waals surface area contributed by atoms with Crippen LogP contribution >= 0.6 is 0 Å². The van der Waals surface area contributed by atoms with E-state index in [-0.39, 0.29) is 6.61 Å². The normalized spacial score (nSPS) is 11.4. The van der Waals surface area contributed by atoms with Crippen molar-refractivity contribution >= 4 is 0 Å². The zero-order valence-electron chi connectivity index (χ0n) is 12.1. The molecule has 0 saturated carbocycles. The molecule has 0 atom stereocenters. The number of aliphatic hydroxyl groups excluding tert-OH is 1. The lowest BCUT2D eigenvalue weighted by Crippen LogP contribution is -2.13. The van der Waals surface area contributed by atoms with Crippen molar-refractivity contribution in [2.24, 2.45) is 5.92 Å². The molecule has 1 aromatic rings. The first-order valence-electron chi connectivity index (χ1n) is 6.89. The van der Waals surface area contributed by atoms with Crippen LogP contribution in [0.1, 0.15) is 44.6 Å². The van der Waals surface area contributed by atoms with Crippen molar-refractivity contribution in [3.05, 3.63) is 17.0 Å². The Morgan fingerprint density at radius 2 is 2.00 bits per heavy atom. The minimum Gasteiger partial charge on any atom is -0.392 e. The van der Waals surface area contributed by atoms with Gasteiger partial charge in [0.1, 0.15) is 0 Å².